The van der Waals surface area contributed by atoms with Crippen LogP contribution in [0.5, 0.6) is 5.75 Å². The van der Waals surface area contributed by atoms with Crippen LogP contribution in [0.1, 0.15) is 29.6 Å². The van der Waals surface area contributed by atoms with Crippen LogP contribution in [0.25, 0.3) is 0 Å². The first-order chi connectivity index (χ1) is 15.5. The molecule has 0 aliphatic carbocycles. The molecule has 2 aromatic rings. The maximum Gasteiger partial charge on any atom is 0.257 e. The Labute approximate surface area is 187 Å². The minimum Gasteiger partial charge on any atom is -0.507 e. The Morgan fingerprint density at radius 1 is 0.906 bits per heavy atom. The summed E-state index contributed by atoms with van der Waals surface area (Å²) in [7, 11) is 0. The van der Waals surface area contributed by atoms with Crippen LogP contribution in [0, 0.1) is 11.3 Å². The first-order valence-electron chi connectivity index (χ1n) is 10.6. The van der Waals surface area contributed by atoms with Crippen LogP contribution in [-0.4, -0.2) is 65.4 Å². The smallest absolute Gasteiger partial charge is 0.257 e. The number of aromatic hydroxyl groups is 1. The number of para-hydroxylation sites is 2. The zero-order chi connectivity index (χ0) is 22.9. The molecule has 1 N–H and O–H groups in total. The number of benzene rings is 2. The van der Waals surface area contributed by atoms with Gasteiger partial charge in [0.25, 0.3) is 5.91 Å². The molecule has 0 unspecified atom stereocenters. The minimum absolute atomic E-state index is 0.0518. The van der Waals surface area contributed by atoms with Crippen molar-refractivity contribution in [3.63, 3.8) is 0 Å². The number of nitrogens with zero attached hydrogens (tertiary/aromatic N) is 4. The lowest BCUT2D eigenvalue weighted by Gasteiger charge is -2.35. The third-order valence-corrected chi connectivity index (χ3v) is 5.42. The normalized spacial score (nSPS) is 13.3. The standard InChI is InChI=1S/C24H26N4O4/c25-13-6-14-28(19-7-2-1-3-8-19)23(31)12-11-22(30)26-15-17-27(18-16-26)24(32)20-9-4-5-10-21(20)29/h1-5,7-10,29H,6,11-12,14-18H2. The number of hydrogen-bond donors (Lipinski definition) is 1. The Hall–Kier alpha value is -3.86. The van der Waals surface area contributed by atoms with E-state index in [4.69, 9.17) is 5.26 Å². The first-order valence-corrected chi connectivity index (χ1v) is 10.6. The van der Waals surface area contributed by atoms with Gasteiger partial charge in [0.1, 0.15) is 5.75 Å². The molecule has 0 bridgehead atoms. The zero-order valence-corrected chi connectivity index (χ0v) is 17.8. The summed E-state index contributed by atoms with van der Waals surface area (Å²) in [6.45, 7) is 1.77. The topological polar surface area (TPSA) is 105 Å². The molecule has 166 valence electrons. The predicted molar refractivity (Wildman–Crippen MR) is 119 cm³/mol. The van der Waals surface area contributed by atoms with Gasteiger partial charge in [0.2, 0.25) is 11.8 Å². The van der Waals surface area contributed by atoms with Gasteiger partial charge in [0.15, 0.2) is 0 Å². The summed E-state index contributed by atoms with van der Waals surface area (Å²) in [6.07, 6.45) is 0.333. The van der Waals surface area contributed by atoms with Crippen molar-refractivity contribution in [2.24, 2.45) is 0 Å². The second-order valence-corrected chi connectivity index (χ2v) is 7.48. The van der Waals surface area contributed by atoms with E-state index in [1.807, 2.05) is 18.2 Å². The van der Waals surface area contributed by atoms with Crippen LogP contribution in [0.2, 0.25) is 0 Å². The lowest BCUT2D eigenvalue weighted by Crippen LogP contribution is -2.50. The lowest BCUT2D eigenvalue weighted by atomic mass is 10.1. The zero-order valence-electron chi connectivity index (χ0n) is 17.8. The molecular weight excluding hydrogens is 408 g/mol. The Balaban J connectivity index is 1.51. The van der Waals surface area contributed by atoms with Gasteiger partial charge in [-0.1, -0.05) is 30.3 Å². The molecule has 32 heavy (non-hydrogen) atoms. The molecule has 0 atom stereocenters. The molecule has 8 heteroatoms. The molecule has 8 nitrogen and oxygen atoms in total. The molecule has 1 heterocycles. The lowest BCUT2D eigenvalue weighted by molar-refractivity contribution is -0.134. The molecule has 0 saturated carbocycles. The quantitative estimate of drug-likeness (QED) is 0.721. The van der Waals surface area contributed by atoms with E-state index < -0.39 is 0 Å². The van der Waals surface area contributed by atoms with Gasteiger partial charge in [-0.25, -0.2) is 0 Å². The molecule has 3 rings (SSSR count). The van der Waals surface area contributed by atoms with Gasteiger partial charge >= 0.3 is 0 Å². The Bertz CT molecular complexity index is 995. The van der Waals surface area contributed by atoms with Crippen molar-refractivity contribution in [2.75, 3.05) is 37.6 Å². The SMILES string of the molecule is N#CCCN(C(=O)CCC(=O)N1CCN(C(=O)c2ccccc2O)CC1)c1ccccc1. The fourth-order valence-corrected chi connectivity index (χ4v) is 3.66. The number of carbonyl (C=O) groups excluding carboxylic acids is 3. The Kier molecular flexibility index (Phi) is 7.81. The van der Waals surface area contributed by atoms with Crippen molar-refractivity contribution in [3.8, 4) is 11.8 Å². The highest BCUT2D eigenvalue weighted by Gasteiger charge is 2.26. The summed E-state index contributed by atoms with van der Waals surface area (Å²) >= 11 is 0. The van der Waals surface area contributed by atoms with Gasteiger partial charge in [-0.3, -0.25) is 14.4 Å². The van der Waals surface area contributed by atoms with E-state index in [1.54, 1.807) is 45.0 Å². The van der Waals surface area contributed by atoms with Crippen LogP contribution in [0.15, 0.2) is 54.6 Å². The molecule has 3 amide bonds. The number of nitriles is 1. The fourth-order valence-electron chi connectivity index (χ4n) is 3.66. The number of rotatable bonds is 7. The minimum atomic E-state index is -0.263. The number of phenols is 1. The summed E-state index contributed by atoms with van der Waals surface area (Å²) < 4.78 is 0. The predicted octanol–water partition coefficient (Wildman–Crippen LogP) is 2.40. The first kappa shape index (κ1) is 22.8. The summed E-state index contributed by atoms with van der Waals surface area (Å²) in [5.74, 6) is -0.662. The molecule has 0 radical (unpaired) electrons. The van der Waals surface area contributed by atoms with Gasteiger partial charge in [-0.15, -0.1) is 0 Å². The number of piperazine rings is 1. The molecular formula is C24H26N4O4. The van der Waals surface area contributed by atoms with E-state index in [0.717, 1.165) is 0 Å². The maximum absolute atomic E-state index is 12.7. The number of phenolic OH excluding ortho intramolecular Hbond substituents is 1. The van der Waals surface area contributed by atoms with E-state index in [1.165, 1.54) is 6.07 Å². The molecule has 2 aromatic carbocycles. The Morgan fingerprint density at radius 2 is 1.53 bits per heavy atom. The van der Waals surface area contributed by atoms with Gasteiger partial charge in [-0.05, 0) is 24.3 Å². The summed E-state index contributed by atoms with van der Waals surface area (Å²) in [6, 6.07) is 17.5. The third-order valence-electron chi connectivity index (χ3n) is 5.42. The maximum atomic E-state index is 12.7. The highest BCUT2D eigenvalue weighted by Crippen LogP contribution is 2.19. The molecule has 0 aromatic heterocycles. The summed E-state index contributed by atoms with van der Waals surface area (Å²) in [5.41, 5.74) is 0.952. The molecule has 1 aliphatic heterocycles. The number of amides is 3. The molecule has 1 fully saturated rings. The van der Waals surface area contributed by atoms with E-state index in [0.29, 0.717) is 31.9 Å². The number of carbonyl (C=O) groups is 3. The van der Waals surface area contributed by atoms with Crippen molar-refractivity contribution in [2.45, 2.75) is 19.3 Å². The monoisotopic (exact) mass is 434 g/mol. The second-order valence-electron chi connectivity index (χ2n) is 7.48. The van der Waals surface area contributed by atoms with E-state index in [9.17, 15) is 19.5 Å². The van der Waals surface area contributed by atoms with Crippen molar-refractivity contribution in [1.29, 1.82) is 5.26 Å². The van der Waals surface area contributed by atoms with Gasteiger partial charge in [0.05, 0.1) is 18.1 Å². The average Bonchev–Trinajstić information content (AvgIpc) is 2.83. The highest BCUT2D eigenvalue weighted by molar-refractivity contribution is 5.97. The van der Waals surface area contributed by atoms with Crippen LogP contribution < -0.4 is 4.90 Å². The van der Waals surface area contributed by atoms with E-state index >= 15 is 0 Å². The van der Waals surface area contributed by atoms with E-state index in [2.05, 4.69) is 6.07 Å². The highest BCUT2D eigenvalue weighted by atomic mass is 16.3. The summed E-state index contributed by atoms with van der Waals surface area (Å²) in [5, 5.41) is 18.8. The van der Waals surface area contributed by atoms with Gasteiger partial charge in [-0.2, -0.15) is 5.26 Å². The van der Waals surface area contributed by atoms with Crippen LogP contribution in [-0.2, 0) is 9.59 Å². The van der Waals surface area contributed by atoms with Crippen LogP contribution in [0.3, 0.4) is 0 Å². The van der Waals surface area contributed by atoms with Crippen molar-refractivity contribution in [1.82, 2.24) is 9.80 Å². The van der Waals surface area contributed by atoms with Crippen molar-refractivity contribution in [3.05, 3.63) is 60.2 Å². The van der Waals surface area contributed by atoms with Crippen molar-refractivity contribution < 1.29 is 19.5 Å². The molecule has 0 spiro atoms. The van der Waals surface area contributed by atoms with Crippen LogP contribution >= 0.6 is 0 Å². The number of hydrogen-bond acceptors (Lipinski definition) is 5. The average molecular weight is 434 g/mol. The third kappa shape index (κ3) is 5.64. The molecule has 1 saturated heterocycles. The summed E-state index contributed by atoms with van der Waals surface area (Å²) in [4.78, 5) is 42.8. The van der Waals surface area contributed by atoms with Gasteiger partial charge in [0, 0.05) is 51.3 Å². The van der Waals surface area contributed by atoms with Gasteiger partial charge < -0.3 is 19.8 Å². The number of anilines is 1. The molecule has 1 aliphatic rings. The van der Waals surface area contributed by atoms with E-state index in [-0.39, 0.29) is 54.8 Å². The fraction of sp³-hybridized carbons (Fsp3) is 0.333. The van der Waals surface area contributed by atoms with Crippen molar-refractivity contribution >= 4 is 23.4 Å². The van der Waals surface area contributed by atoms with Crippen LogP contribution in [0.4, 0.5) is 5.69 Å². The Morgan fingerprint density at radius 3 is 2.19 bits per heavy atom. The largest absolute Gasteiger partial charge is 0.507 e. The second kappa shape index (κ2) is 11.0.